The van der Waals surface area contributed by atoms with Gasteiger partial charge in [0.15, 0.2) is 11.6 Å². The fourth-order valence-corrected chi connectivity index (χ4v) is 6.99. The molecule has 0 aliphatic rings. The van der Waals surface area contributed by atoms with Crippen LogP contribution >= 0.6 is 0 Å². The van der Waals surface area contributed by atoms with E-state index in [0.717, 1.165) is 71.0 Å². The smallest absolute Gasteiger partial charge is 0.238 e. The number of aromatic nitrogens is 4. The van der Waals surface area contributed by atoms with Gasteiger partial charge in [0, 0.05) is 38.1 Å². The molecule has 214 valence electrons. The van der Waals surface area contributed by atoms with Crippen molar-refractivity contribution in [1.29, 1.82) is 0 Å². The molecule has 46 heavy (non-hydrogen) atoms. The summed E-state index contributed by atoms with van der Waals surface area (Å²) in [6.07, 6.45) is 0. The quantitative estimate of drug-likeness (QED) is 0.193. The Balaban J connectivity index is 1.30. The van der Waals surface area contributed by atoms with Crippen molar-refractivity contribution in [2.75, 3.05) is 0 Å². The molecule has 0 bridgehead atoms. The van der Waals surface area contributed by atoms with Crippen molar-refractivity contribution in [2.24, 2.45) is 0 Å². The van der Waals surface area contributed by atoms with Gasteiger partial charge in [0.05, 0.1) is 11.0 Å². The summed E-state index contributed by atoms with van der Waals surface area (Å²) >= 11 is 0. The lowest BCUT2D eigenvalue weighted by atomic mass is 9.95. The van der Waals surface area contributed by atoms with Crippen LogP contribution in [0.3, 0.4) is 0 Å². The number of para-hydroxylation sites is 3. The van der Waals surface area contributed by atoms with Crippen molar-refractivity contribution >= 4 is 65.3 Å². The highest BCUT2D eigenvalue weighted by molar-refractivity contribution is 6.30. The molecule has 0 unspecified atom stereocenters. The van der Waals surface area contributed by atoms with Crippen LogP contribution < -0.4 is 0 Å². The highest BCUT2D eigenvalue weighted by Crippen LogP contribution is 2.42. The van der Waals surface area contributed by atoms with Gasteiger partial charge < -0.3 is 4.42 Å². The third-order valence-electron chi connectivity index (χ3n) is 9.04. The molecule has 0 aliphatic heterocycles. The van der Waals surface area contributed by atoms with Gasteiger partial charge in [0.1, 0.15) is 11.2 Å². The number of fused-ring (bicyclic) bond motifs is 11. The summed E-state index contributed by atoms with van der Waals surface area (Å²) < 4.78 is 8.65. The molecule has 0 N–H and O–H groups in total. The summed E-state index contributed by atoms with van der Waals surface area (Å²) in [7, 11) is 0. The second-order valence-electron chi connectivity index (χ2n) is 11.6. The van der Waals surface area contributed by atoms with Crippen molar-refractivity contribution in [3.05, 3.63) is 146 Å². The second kappa shape index (κ2) is 9.58. The van der Waals surface area contributed by atoms with Crippen LogP contribution in [0.5, 0.6) is 0 Å². The first-order chi connectivity index (χ1) is 22.8. The maximum atomic E-state index is 6.50. The first-order valence-electron chi connectivity index (χ1n) is 15.4. The topological polar surface area (TPSA) is 56.7 Å². The Kier molecular flexibility index (Phi) is 5.22. The first kappa shape index (κ1) is 25.0. The van der Waals surface area contributed by atoms with E-state index < -0.39 is 0 Å². The predicted octanol–water partition coefficient (Wildman–Crippen LogP) is 10.5. The molecular weight excluding hydrogens is 564 g/mol. The second-order valence-corrected chi connectivity index (χ2v) is 11.6. The molecule has 0 amide bonds. The zero-order valence-electron chi connectivity index (χ0n) is 24.6. The van der Waals surface area contributed by atoms with E-state index >= 15 is 0 Å². The zero-order valence-corrected chi connectivity index (χ0v) is 24.6. The van der Waals surface area contributed by atoms with Gasteiger partial charge in [0.2, 0.25) is 5.95 Å². The van der Waals surface area contributed by atoms with Crippen LogP contribution in [0.15, 0.2) is 150 Å². The maximum absolute atomic E-state index is 6.50. The van der Waals surface area contributed by atoms with E-state index in [4.69, 9.17) is 19.4 Å². The van der Waals surface area contributed by atoms with Crippen LogP contribution in [0.2, 0.25) is 0 Å². The minimum Gasteiger partial charge on any atom is -0.455 e. The van der Waals surface area contributed by atoms with Gasteiger partial charge in [-0.05, 0) is 40.4 Å². The lowest BCUT2D eigenvalue weighted by Gasteiger charge is -2.12. The summed E-state index contributed by atoms with van der Waals surface area (Å²) in [5.74, 6) is 1.82. The van der Waals surface area contributed by atoms with Gasteiger partial charge in [0.25, 0.3) is 0 Å². The molecule has 10 aromatic rings. The average Bonchev–Trinajstić information content (AvgIpc) is 3.69. The number of nitrogens with zero attached hydrogens (tertiary/aromatic N) is 4. The molecule has 0 fully saturated rings. The van der Waals surface area contributed by atoms with E-state index in [-0.39, 0.29) is 0 Å². The predicted molar refractivity (Wildman–Crippen MR) is 187 cm³/mol. The summed E-state index contributed by atoms with van der Waals surface area (Å²) in [5.41, 5.74) is 5.72. The molecule has 10 rings (SSSR count). The zero-order chi connectivity index (χ0) is 30.2. The van der Waals surface area contributed by atoms with Gasteiger partial charge in [-0.25, -0.2) is 4.98 Å². The summed E-state index contributed by atoms with van der Waals surface area (Å²) in [4.78, 5) is 15.4. The fourth-order valence-electron chi connectivity index (χ4n) is 6.99. The normalized spacial score (nSPS) is 11.9. The Bertz CT molecular complexity index is 2760. The summed E-state index contributed by atoms with van der Waals surface area (Å²) in [6, 6.07) is 50.2. The Morgan fingerprint density at radius 2 is 0.978 bits per heavy atom. The van der Waals surface area contributed by atoms with Crippen LogP contribution in [0.1, 0.15) is 0 Å². The van der Waals surface area contributed by atoms with E-state index in [1.165, 1.54) is 5.39 Å². The van der Waals surface area contributed by atoms with Crippen molar-refractivity contribution in [1.82, 2.24) is 19.5 Å². The first-order valence-corrected chi connectivity index (χ1v) is 15.4. The van der Waals surface area contributed by atoms with Gasteiger partial charge in [-0.1, -0.05) is 121 Å². The highest BCUT2D eigenvalue weighted by Gasteiger charge is 2.20. The average molecular weight is 589 g/mol. The van der Waals surface area contributed by atoms with E-state index in [2.05, 4.69) is 108 Å². The Morgan fingerprint density at radius 3 is 1.72 bits per heavy atom. The van der Waals surface area contributed by atoms with E-state index in [0.29, 0.717) is 17.6 Å². The van der Waals surface area contributed by atoms with Crippen molar-refractivity contribution in [3.8, 4) is 28.7 Å². The molecule has 0 aliphatic carbocycles. The van der Waals surface area contributed by atoms with E-state index in [1.807, 2.05) is 42.5 Å². The molecule has 0 saturated heterocycles. The Hall–Kier alpha value is -6.33. The van der Waals surface area contributed by atoms with Crippen LogP contribution in [0, 0.1) is 0 Å². The third kappa shape index (κ3) is 3.60. The number of hydrogen-bond acceptors (Lipinski definition) is 4. The van der Waals surface area contributed by atoms with Crippen molar-refractivity contribution in [2.45, 2.75) is 0 Å². The molecule has 5 heteroatoms. The largest absolute Gasteiger partial charge is 0.455 e. The molecule has 5 nitrogen and oxygen atoms in total. The van der Waals surface area contributed by atoms with Crippen LogP contribution in [0.25, 0.3) is 94.0 Å². The van der Waals surface area contributed by atoms with Crippen molar-refractivity contribution in [3.63, 3.8) is 0 Å². The highest BCUT2D eigenvalue weighted by atomic mass is 16.3. The third-order valence-corrected chi connectivity index (χ3v) is 9.04. The van der Waals surface area contributed by atoms with Gasteiger partial charge >= 0.3 is 0 Å². The SMILES string of the molecule is c1ccc(-c2nc(-c3ccc4c5ccccc5c5oc6ccccc6c5c4c3)nc(-n3c4ccccc4c4ccccc43)n2)cc1. The number of benzene rings is 7. The molecule has 3 aromatic heterocycles. The van der Waals surface area contributed by atoms with Crippen LogP contribution in [0.4, 0.5) is 0 Å². The Labute approximate surface area is 263 Å². The molecule has 0 spiro atoms. The van der Waals surface area contributed by atoms with Crippen LogP contribution in [-0.2, 0) is 0 Å². The number of hydrogen-bond donors (Lipinski definition) is 0. The monoisotopic (exact) mass is 588 g/mol. The van der Waals surface area contributed by atoms with Gasteiger partial charge in [-0.3, -0.25) is 4.57 Å². The molecule has 0 saturated carbocycles. The molecule has 7 aromatic carbocycles. The van der Waals surface area contributed by atoms with Gasteiger partial charge in [-0.15, -0.1) is 0 Å². The van der Waals surface area contributed by atoms with Crippen LogP contribution in [-0.4, -0.2) is 19.5 Å². The minimum absolute atomic E-state index is 0.582. The lowest BCUT2D eigenvalue weighted by molar-refractivity contribution is 0.673. The standard InChI is InChI=1S/C41H24N4O/c1-2-12-25(13-3-1)39-42-40(44-41(43-39)45-34-19-9-6-15-29(34)30-16-7-10-20-35(30)45)26-22-23-28-27-14-4-5-17-31(27)38-37(33(28)24-26)32-18-8-11-21-36(32)46-38/h1-24H. The van der Waals surface area contributed by atoms with E-state index in [1.54, 1.807) is 0 Å². The minimum atomic E-state index is 0.582. The molecule has 0 radical (unpaired) electrons. The maximum Gasteiger partial charge on any atom is 0.238 e. The summed E-state index contributed by atoms with van der Waals surface area (Å²) in [6.45, 7) is 0. The lowest BCUT2D eigenvalue weighted by Crippen LogP contribution is -2.06. The Morgan fingerprint density at radius 1 is 0.413 bits per heavy atom. The van der Waals surface area contributed by atoms with E-state index in [9.17, 15) is 0 Å². The molecule has 3 heterocycles. The summed E-state index contributed by atoms with van der Waals surface area (Å²) in [5, 5.41) is 9.05. The number of rotatable bonds is 3. The van der Waals surface area contributed by atoms with Crippen molar-refractivity contribution < 1.29 is 4.42 Å². The molecule has 0 atom stereocenters. The van der Waals surface area contributed by atoms with Gasteiger partial charge in [-0.2, -0.15) is 9.97 Å². The molecular formula is C41H24N4O. The fraction of sp³-hybridized carbons (Fsp3) is 0. The number of furan rings is 1.